The summed E-state index contributed by atoms with van der Waals surface area (Å²) in [5, 5.41) is 3.42. The van der Waals surface area contributed by atoms with Crippen molar-refractivity contribution in [3.63, 3.8) is 0 Å². The topological polar surface area (TPSA) is 15.3 Å². The number of fused-ring (bicyclic) bond motifs is 3. The number of nitrogens with zero attached hydrogens (tertiary/aromatic N) is 1. The van der Waals surface area contributed by atoms with Crippen LogP contribution >= 0.6 is 12.4 Å². The monoisotopic (exact) mass is 256 g/mol. The summed E-state index contributed by atoms with van der Waals surface area (Å²) in [7, 11) is 0. The second kappa shape index (κ2) is 4.46. The number of anilines is 1. The van der Waals surface area contributed by atoms with Crippen LogP contribution in [0.5, 0.6) is 0 Å². The standard InChI is InChI=1S/C13H17FN2.ClH/c1-8-3-4-12(14)13-11(8)5-10-7-15-6-9(2)16(10)13;/h3-4,9-10,15H,5-7H2,1-2H3;1H/t9?,10-;/m0./s1. The average molecular weight is 257 g/mol. The Morgan fingerprint density at radius 2 is 2.12 bits per heavy atom. The van der Waals surface area contributed by atoms with Crippen molar-refractivity contribution in [1.82, 2.24) is 5.32 Å². The third-order valence-corrected chi connectivity index (χ3v) is 3.85. The molecular weight excluding hydrogens is 239 g/mol. The molecule has 0 aromatic heterocycles. The number of aryl methyl sites for hydroxylation is 1. The summed E-state index contributed by atoms with van der Waals surface area (Å²) in [5.74, 6) is -0.0585. The molecule has 2 aliphatic heterocycles. The molecule has 0 radical (unpaired) electrons. The van der Waals surface area contributed by atoms with E-state index in [4.69, 9.17) is 0 Å². The predicted molar refractivity (Wildman–Crippen MR) is 70.7 cm³/mol. The van der Waals surface area contributed by atoms with E-state index in [9.17, 15) is 4.39 Å². The van der Waals surface area contributed by atoms with Crippen LogP contribution in [0.2, 0.25) is 0 Å². The van der Waals surface area contributed by atoms with Gasteiger partial charge in [-0.15, -0.1) is 12.4 Å². The minimum absolute atomic E-state index is 0. The van der Waals surface area contributed by atoms with Crippen LogP contribution in [0.25, 0.3) is 0 Å². The zero-order chi connectivity index (χ0) is 11.3. The van der Waals surface area contributed by atoms with Crippen LogP contribution in [-0.2, 0) is 6.42 Å². The summed E-state index contributed by atoms with van der Waals surface area (Å²) in [5.41, 5.74) is 3.29. The van der Waals surface area contributed by atoms with Gasteiger partial charge in [0.2, 0.25) is 0 Å². The smallest absolute Gasteiger partial charge is 0.146 e. The molecule has 3 rings (SSSR count). The molecule has 17 heavy (non-hydrogen) atoms. The molecule has 2 heterocycles. The normalized spacial score (nSPS) is 26.2. The van der Waals surface area contributed by atoms with E-state index in [0.717, 1.165) is 25.2 Å². The fourth-order valence-electron chi connectivity index (χ4n) is 3.07. The van der Waals surface area contributed by atoms with E-state index >= 15 is 0 Å². The van der Waals surface area contributed by atoms with Crippen molar-refractivity contribution in [1.29, 1.82) is 0 Å². The van der Waals surface area contributed by atoms with Gasteiger partial charge in [0.05, 0.1) is 5.69 Å². The molecule has 1 unspecified atom stereocenters. The van der Waals surface area contributed by atoms with Gasteiger partial charge in [-0.25, -0.2) is 4.39 Å². The number of piperazine rings is 1. The lowest BCUT2D eigenvalue weighted by Crippen LogP contribution is -2.55. The summed E-state index contributed by atoms with van der Waals surface area (Å²) in [6.07, 6.45) is 0.982. The fraction of sp³-hybridized carbons (Fsp3) is 0.538. The van der Waals surface area contributed by atoms with Gasteiger partial charge in [-0.1, -0.05) is 6.07 Å². The van der Waals surface area contributed by atoms with Crippen LogP contribution in [0, 0.1) is 12.7 Å². The molecule has 2 atom stereocenters. The summed E-state index contributed by atoms with van der Waals surface area (Å²) < 4.78 is 14.0. The highest BCUT2D eigenvalue weighted by Crippen LogP contribution is 2.38. The third-order valence-electron chi connectivity index (χ3n) is 3.85. The number of benzene rings is 1. The molecule has 1 fully saturated rings. The summed E-state index contributed by atoms with van der Waals surface area (Å²) in [6, 6.07) is 4.32. The molecular formula is C13H18ClFN2. The third kappa shape index (κ3) is 1.81. The first kappa shape index (κ1) is 12.7. The number of hydrogen-bond donors (Lipinski definition) is 1. The first-order valence-electron chi connectivity index (χ1n) is 5.95. The van der Waals surface area contributed by atoms with E-state index < -0.39 is 0 Å². The second-order valence-electron chi connectivity index (χ2n) is 4.96. The summed E-state index contributed by atoms with van der Waals surface area (Å²) in [4.78, 5) is 2.27. The lowest BCUT2D eigenvalue weighted by molar-refractivity contribution is 0.425. The Kier molecular flexibility index (Phi) is 3.32. The Balaban J connectivity index is 0.00000108. The van der Waals surface area contributed by atoms with Crippen molar-refractivity contribution in [2.24, 2.45) is 0 Å². The highest BCUT2D eigenvalue weighted by atomic mass is 35.5. The van der Waals surface area contributed by atoms with Crippen LogP contribution in [0.4, 0.5) is 10.1 Å². The van der Waals surface area contributed by atoms with Crippen molar-refractivity contribution in [3.8, 4) is 0 Å². The van der Waals surface area contributed by atoms with Crippen molar-refractivity contribution in [2.75, 3.05) is 18.0 Å². The zero-order valence-electron chi connectivity index (χ0n) is 10.2. The minimum atomic E-state index is -0.0585. The zero-order valence-corrected chi connectivity index (χ0v) is 11.0. The van der Waals surface area contributed by atoms with Gasteiger partial charge in [0.1, 0.15) is 5.82 Å². The summed E-state index contributed by atoms with van der Waals surface area (Å²) in [6.45, 7) is 6.16. The maximum Gasteiger partial charge on any atom is 0.146 e. The maximum absolute atomic E-state index is 14.0. The maximum atomic E-state index is 14.0. The molecule has 1 N–H and O–H groups in total. The Morgan fingerprint density at radius 1 is 1.35 bits per heavy atom. The largest absolute Gasteiger partial charge is 0.360 e. The Morgan fingerprint density at radius 3 is 2.88 bits per heavy atom. The first-order chi connectivity index (χ1) is 7.68. The fourth-order valence-corrected chi connectivity index (χ4v) is 3.07. The SMILES string of the molecule is Cc1ccc(F)c2c1C[C@H]1CNCC(C)N21.Cl. The van der Waals surface area contributed by atoms with Crippen molar-refractivity contribution in [2.45, 2.75) is 32.4 Å². The van der Waals surface area contributed by atoms with E-state index in [2.05, 4.69) is 24.1 Å². The van der Waals surface area contributed by atoms with Crippen molar-refractivity contribution in [3.05, 3.63) is 29.1 Å². The number of nitrogens with one attached hydrogen (secondary N) is 1. The van der Waals surface area contributed by atoms with Gasteiger partial charge < -0.3 is 10.2 Å². The molecule has 1 aromatic rings. The first-order valence-corrected chi connectivity index (χ1v) is 5.95. The van der Waals surface area contributed by atoms with Gasteiger partial charge in [-0.2, -0.15) is 0 Å². The van der Waals surface area contributed by atoms with E-state index in [-0.39, 0.29) is 18.2 Å². The lowest BCUT2D eigenvalue weighted by atomic mass is 10.0. The van der Waals surface area contributed by atoms with Crippen LogP contribution in [0.1, 0.15) is 18.1 Å². The Labute approximate surface area is 108 Å². The Hall–Kier alpha value is -0.800. The van der Waals surface area contributed by atoms with Gasteiger partial charge >= 0.3 is 0 Å². The molecule has 2 nitrogen and oxygen atoms in total. The average Bonchev–Trinajstić information content (AvgIpc) is 2.65. The minimum Gasteiger partial charge on any atom is -0.360 e. The summed E-state index contributed by atoms with van der Waals surface area (Å²) >= 11 is 0. The van der Waals surface area contributed by atoms with E-state index in [1.165, 1.54) is 11.1 Å². The molecule has 2 aliphatic rings. The molecule has 94 valence electrons. The highest BCUT2D eigenvalue weighted by Gasteiger charge is 2.37. The van der Waals surface area contributed by atoms with Gasteiger partial charge in [-0.05, 0) is 37.5 Å². The number of halogens is 2. The van der Waals surface area contributed by atoms with E-state index in [1.807, 2.05) is 6.07 Å². The molecule has 1 saturated heterocycles. The van der Waals surface area contributed by atoms with Gasteiger partial charge in [0.15, 0.2) is 0 Å². The molecule has 1 aromatic carbocycles. The van der Waals surface area contributed by atoms with Crippen molar-refractivity contribution < 1.29 is 4.39 Å². The predicted octanol–water partition coefficient (Wildman–Crippen LogP) is 2.28. The van der Waals surface area contributed by atoms with E-state index in [0.29, 0.717) is 12.1 Å². The molecule has 4 heteroatoms. The highest BCUT2D eigenvalue weighted by molar-refractivity contribution is 5.85. The molecule has 0 spiro atoms. The van der Waals surface area contributed by atoms with Gasteiger partial charge in [0, 0.05) is 25.2 Å². The van der Waals surface area contributed by atoms with Crippen LogP contribution in [0.3, 0.4) is 0 Å². The van der Waals surface area contributed by atoms with Crippen LogP contribution < -0.4 is 10.2 Å². The molecule has 0 saturated carbocycles. The van der Waals surface area contributed by atoms with Crippen LogP contribution in [-0.4, -0.2) is 25.2 Å². The number of hydrogen-bond acceptors (Lipinski definition) is 2. The Bertz CT molecular complexity index is 436. The lowest BCUT2D eigenvalue weighted by Gasteiger charge is -2.38. The molecule has 0 bridgehead atoms. The molecule has 0 aliphatic carbocycles. The number of rotatable bonds is 0. The van der Waals surface area contributed by atoms with Gasteiger partial charge in [-0.3, -0.25) is 0 Å². The van der Waals surface area contributed by atoms with E-state index in [1.54, 1.807) is 6.07 Å². The molecule has 0 amide bonds. The van der Waals surface area contributed by atoms with Gasteiger partial charge in [0.25, 0.3) is 0 Å². The van der Waals surface area contributed by atoms with Crippen molar-refractivity contribution >= 4 is 18.1 Å². The van der Waals surface area contributed by atoms with Crippen LogP contribution in [0.15, 0.2) is 12.1 Å². The second-order valence-corrected chi connectivity index (χ2v) is 4.96. The quantitative estimate of drug-likeness (QED) is 0.766.